The van der Waals surface area contributed by atoms with Crippen LogP contribution in [0.1, 0.15) is 75.6 Å². The van der Waals surface area contributed by atoms with Crippen LogP contribution in [0.3, 0.4) is 0 Å². The van der Waals surface area contributed by atoms with E-state index in [1.807, 2.05) is 0 Å². The molecule has 0 radical (unpaired) electrons. The van der Waals surface area contributed by atoms with Gasteiger partial charge in [0.25, 0.3) is 0 Å². The molecule has 40 heavy (non-hydrogen) atoms. The monoisotopic (exact) mass is 557 g/mol. The van der Waals surface area contributed by atoms with E-state index in [2.05, 4.69) is 5.32 Å². The number of ketones is 2. The molecule has 1 aliphatic carbocycles. The summed E-state index contributed by atoms with van der Waals surface area (Å²) >= 11 is 0. The van der Waals surface area contributed by atoms with Gasteiger partial charge in [0.15, 0.2) is 11.6 Å². The number of aliphatic hydroxyl groups excluding tert-OH is 4. The summed E-state index contributed by atoms with van der Waals surface area (Å²) in [5.74, 6) is -2.84. The Hall–Kier alpha value is -3.39. The van der Waals surface area contributed by atoms with Crippen molar-refractivity contribution in [3.05, 3.63) is 51.6 Å². The van der Waals surface area contributed by atoms with Gasteiger partial charge in [0, 0.05) is 29.2 Å². The maximum absolute atomic E-state index is 13.8. The molecule has 6 N–H and O–H groups in total. The molecule has 0 bridgehead atoms. The minimum absolute atomic E-state index is 0.0221. The summed E-state index contributed by atoms with van der Waals surface area (Å²) in [6.45, 7) is 3.27. The average molecular weight is 558 g/mol. The number of carbonyl (C=O) groups excluding carboxylic acids is 3. The molecule has 2 aromatic carbocycles. The molecule has 0 amide bonds. The lowest BCUT2D eigenvalue weighted by Gasteiger charge is -2.39. The van der Waals surface area contributed by atoms with Crippen LogP contribution in [0.2, 0.25) is 0 Å². The minimum atomic E-state index is -1.65. The second-order valence-corrected chi connectivity index (χ2v) is 10.3. The first-order chi connectivity index (χ1) is 19.0. The van der Waals surface area contributed by atoms with Crippen LogP contribution >= 0.6 is 0 Å². The van der Waals surface area contributed by atoms with Gasteiger partial charge in [0.05, 0.1) is 18.3 Å². The van der Waals surface area contributed by atoms with Crippen LogP contribution in [-0.2, 0) is 16.1 Å². The summed E-state index contributed by atoms with van der Waals surface area (Å²) in [4.78, 5) is 39.1. The van der Waals surface area contributed by atoms with Crippen LogP contribution in [0, 0.1) is 0 Å². The van der Waals surface area contributed by atoms with E-state index < -0.39 is 60.6 Å². The lowest BCUT2D eigenvalue weighted by atomic mass is 9.78. The first-order valence-corrected chi connectivity index (χ1v) is 13.1. The van der Waals surface area contributed by atoms with Gasteiger partial charge >= 0.3 is 5.97 Å². The number of fused-ring (bicyclic) bond motifs is 2. The third kappa shape index (κ3) is 4.76. The molecule has 5 rings (SSSR count). The largest absolute Gasteiger partial charge is 0.507 e. The molecule has 0 aromatic heterocycles. The number of aliphatic hydroxyl groups is 4. The molecular formula is C28H31NO11. The van der Waals surface area contributed by atoms with Gasteiger partial charge in [-0.05, 0) is 62.5 Å². The number of hydrogen-bond acceptors (Lipinski definition) is 12. The molecule has 214 valence electrons. The zero-order valence-corrected chi connectivity index (χ0v) is 21.9. The van der Waals surface area contributed by atoms with E-state index in [1.54, 1.807) is 0 Å². The van der Waals surface area contributed by atoms with E-state index in [-0.39, 0.29) is 50.8 Å². The standard InChI is InChI=1S/C28H31NO11/c1-11-22(32)26(36)27(37)28(38-11)40-18-9-17-21(25(35)20(18)13-3-5-29-6-4-13)24(34)19-14(10-30)7-15(39-12(2)31)8-16(19)23(17)33/h7-9,11,13,22,26-30,32,35-37H,3-6,10H2,1-2H3. The normalized spacial score (nSPS) is 26.7. The number of rotatable bonds is 5. The van der Waals surface area contributed by atoms with Gasteiger partial charge in [0.1, 0.15) is 35.6 Å². The van der Waals surface area contributed by atoms with Crippen molar-refractivity contribution in [1.29, 1.82) is 0 Å². The van der Waals surface area contributed by atoms with Crippen molar-refractivity contribution < 1.29 is 54.1 Å². The summed E-state index contributed by atoms with van der Waals surface area (Å²) < 4.78 is 16.7. The van der Waals surface area contributed by atoms with E-state index in [9.17, 15) is 39.9 Å². The molecule has 3 aliphatic rings. The van der Waals surface area contributed by atoms with E-state index in [4.69, 9.17) is 14.2 Å². The Morgan fingerprint density at radius 3 is 2.33 bits per heavy atom. The van der Waals surface area contributed by atoms with Crippen molar-refractivity contribution in [3.8, 4) is 17.2 Å². The Bertz CT molecular complexity index is 1370. The summed E-state index contributed by atoms with van der Waals surface area (Å²) in [7, 11) is 0. The molecule has 5 unspecified atom stereocenters. The summed E-state index contributed by atoms with van der Waals surface area (Å²) in [6.07, 6.45) is -5.80. The quantitative estimate of drug-likeness (QED) is 0.185. The van der Waals surface area contributed by atoms with Crippen molar-refractivity contribution in [2.75, 3.05) is 13.1 Å². The maximum Gasteiger partial charge on any atom is 0.308 e. The first-order valence-electron chi connectivity index (χ1n) is 13.1. The highest BCUT2D eigenvalue weighted by atomic mass is 16.7. The van der Waals surface area contributed by atoms with Gasteiger partial charge in [-0.3, -0.25) is 14.4 Å². The number of piperidine rings is 1. The second kappa shape index (κ2) is 10.9. The topological polar surface area (TPSA) is 192 Å². The third-order valence-corrected chi connectivity index (χ3v) is 7.67. The highest BCUT2D eigenvalue weighted by Gasteiger charge is 2.44. The molecule has 0 spiro atoms. The molecule has 2 aliphatic heterocycles. The highest BCUT2D eigenvalue weighted by molar-refractivity contribution is 6.30. The van der Waals surface area contributed by atoms with Gasteiger partial charge in [-0.2, -0.15) is 0 Å². The number of hydrogen-bond donors (Lipinski definition) is 6. The van der Waals surface area contributed by atoms with Crippen LogP contribution in [0.5, 0.6) is 17.2 Å². The smallest absolute Gasteiger partial charge is 0.308 e. The third-order valence-electron chi connectivity index (χ3n) is 7.67. The molecule has 2 heterocycles. The SMILES string of the molecule is CC(=O)Oc1cc(CO)c2c(c1)C(=O)c1cc(OC3OC(C)C(O)C(O)C3O)c(C3CCNCC3)c(O)c1C2=O. The molecule has 2 saturated heterocycles. The van der Waals surface area contributed by atoms with E-state index in [1.165, 1.54) is 32.0 Å². The number of phenolic OH excluding ortho intramolecular Hbond substituents is 1. The van der Waals surface area contributed by atoms with Crippen LogP contribution in [0.25, 0.3) is 0 Å². The molecule has 0 saturated carbocycles. The second-order valence-electron chi connectivity index (χ2n) is 10.3. The zero-order chi connectivity index (χ0) is 28.9. The molecule has 2 fully saturated rings. The number of carbonyl (C=O) groups is 3. The van der Waals surface area contributed by atoms with Crippen molar-refractivity contribution in [2.24, 2.45) is 0 Å². The summed E-state index contributed by atoms with van der Waals surface area (Å²) in [6, 6.07) is 3.82. The van der Waals surface area contributed by atoms with E-state index in [0.29, 0.717) is 25.9 Å². The van der Waals surface area contributed by atoms with Crippen LogP contribution in [0.15, 0.2) is 18.2 Å². The lowest BCUT2D eigenvalue weighted by molar-refractivity contribution is -0.268. The van der Waals surface area contributed by atoms with Crippen molar-refractivity contribution in [1.82, 2.24) is 5.32 Å². The number of nitrogens with one attached hydrogen (secondary N) is 1. The predicted octanol–water partition coefficient (Wildman–Crippen LogP) is 0.259. The van der Waals surface area contributed by atoms with Crippen LogP contribution < -0.4 is 14.8 Å². The van der Waals surface area contributed by atoms with Crippen LogP contribution in [-0.4, -0.2) is 86.9 Å². The predicted molar refractivity (Wildman–Crippen MR) is 136 cm³/mol. The maximum atomic E-state index is 13.8. The number of benzene rings is 2. The Morgan fingerprint density at radius 1 is 1.00 bits per heavy atom. The Balaban J connectivity index is 1.66. The fourth-order valence-electron chi connectivity index (χ4n) is 5.65. The molecule has 12 heteroatoms. The zero-order valence-electron chi connectivity index (χ0n) is 21.9. The highest BCUT2D eigenvalue weighted by Crippen LogP contribution is 2.47. The number of esters is 1. The summed E-state index contributed by atoms with van der Waals surface area (Å²) in [5, 5.41) is 55.7. The van der Waals surface area contributed by atoms with Gasteiger partial charge in [-0.15, -0.1) is 0 Å². The van der Waals surface area contributed by atoms with E-state index >= 15 is 0 Å². The first kappa shape index (κ1) is 28.1. The Kier molecular flexibility index (Phi) is 7.66. The van der Waals surface area contributed by atoms with Crippen molar-refractivity contribution in [2.45, 2.75) is 69.9 Å². The number of ether oxygens (including phenoxy) is 3. The van der Waals surface area contributed by atoms with Gasteiger partial charge in [-0.1, -0.05) is 0 Å². The summed E-state index contributed by atoms with van der Waals surface area (Å²) in [5.41, 5.74) is -0.362. The van der Waals surface area contributed by atoms with Gasteiger partial charge < -0.3 is 45.1 Å². The Labute approximate surface area is 229 Å². The van der Waals surface area contributed by atoms with E-state index in [0.717, 1.165) is 0 Å². The molecule has 2 aromatic rings. The van der Waals surface area contributed by atoms with Gasteiger partial charge in [-0.25, -0.2) is 0 Å². The van der Waals surface area contributed by atoms with Crippen molar-refractivity contribution in [3.63, 3.8) is 0 Å². The Morgan fingerprint density at radius 2 is 1.68 bits per heavy atom. The lowest BCUT2D eigenvalue weighted by Crippen LogP contribution is -2.58. The van der Waals surface area contributed by atoms with Crippen molar-refractivity contribution >= 4 is 17.5 Å². The molecule has 12 nitrogen and oxygen atoms in total. The van der Waals surface area contributed by atoms with Crippen LogP contribution in [0.4, 0.5) is 0 Å². The number of phenols is 1. The molecule has 5 atom stereocenters. The van der Waals surface area contributed by atoms with Gasteiger partial charge in [0.2, 0.25) is 6.29 Å². The number of aromatic hydroxyl groups is 1. The minimum Gasteiger partial charge on any atom is -0.507 e. The fourth-order valence-corrected chi connectivity index (χ4v) is 5.65. The fraction of sp³-hybridized carbons (Fsp3) is 0.464. The molecular weight excluding hydrogens is 526 g/mol. The average Bonchev–Trinajstić information content (AvgIpc) is 2.92.